The second-order valence-electron chi connectivity index (χ2n) is 5.61. The topological polar surface area (TPSA) is 50.3 Å². The molecule has 0 bridgehead atoms. The van der Waals surface area contributed by atoms with Crippen molar-refractivity contribution in [2.45, 2.75) is 0 Å². The van der Waals surface area contributed by atoms with Crippen LogP contribution in [0.2, 0.25) is 5.28 Å². The van der Waals surface area contributed by atoms with Gasteiger partial charge in [0.15, 0.2) is 0 Å². The average molecular weight is 361 g/mol. The fourth-order valence-corrected chi connectivity index (χ4v) is 4.14. The summed E-state index contributed by atoms with van der Waals surface area (Å²) < 4.78 is 5.25. The Morgan fingerprint density at radius 1 is 1.17 bits per heavy atom. The van der Waals surface area contributed by atoms with Crippen LogP contribution in [0.4, 0.5) is 5.82 Å². The molecule has 24 heavy (non-hydrogen) atoms. The van der Waals surface area contributed by atoms with E-state index in [9.17, 15) is 0 Å². The lowest BCUT2D eigenvalue weighted by molar-refractivity contribution is 0.415. The summed E-state index contributed by atoms with van der Waals surface area (Å²) in [4.78, 5) is 12.2. The molecule has 1 N–H and O–H groups in total. The number of benzene rings is 1. The highest BCUT2D eigenvalue weighted by atomic mass is 35.5. The third kappa shape index (κ3) is 2.81. The third-order valence-electron chi connectivity index (χ3n) is 4.20. The number of nitrogens with zero attached hydrogens (tertiary/aromatic N) is 3. The van der Waals surface area contributed by atoms with E-state index in [1.807, 2.05) is 12.1 Å². The van der Waals surface area contributed by atoms with Crippen molar-refractivity contribution in [1.29, 1.82) is 0 Å². The van der Waals surface area contributed by atoms with Crippen LogP contribution in [-0.4, -0.2) is 43.3 Å². The third-order valence-corrected chi connectivity index (χ3v) is 5.25. The van der Waals surface area contributed by atoms with Crippen LogP contribution >= 0.6 is 22.9 Å². The van der Waals surface area contributed by atoms with Gasteiger partial charge in [0.2, 0.25) is 5.28 Å². The molecular weight excluding hydrogens is 344 g/mol. The highest BCUT2D eigenvalue weighted by Crippen LogP contribution is 2.39. The molecular formula is C17H17ClN4OS. The number of aromatic nitrogens is 2. The SMILES string of the molecule is COc1ccc(-c2csc3nc(Cl)nc(N4CCNCC4)c23)cc1. The minimum absolute atomic E-state index is 0.305. The first-order valence-corrected chi connectivity index (χ1v) is 9.07. The zero-order valence-corrected chi connectivity index (χ0v) is 14.8. The molecule has 3 aromatic rings. The molecule has 3 heterocycles. The molecule has 1 aromatic carbocycles. The summed E-state index contributed by atoms with van der Waals surface area (Å²) in [6.45, 7) is 3.73. The molecule has 2 aromatic heterocycles. The van der Waals surface area contributed by atoms with Crippen LogP contribution in [-0.2, 0) is 0 Å². The first-order valence-electron chi connectivity index (χ1n) is 7.81. The van der Waals surface area contributed by atoms with Crippen molar-refractivity contribution in [3.8, 4) is 16.9 Å². The van der Waals surface area contributed by atoms with Crippen LogP contribution in [0.5, 0.6) is 5.75 Å². The van der Waals surface area contributed by atoms with Gasteiger partial charge in [-0.3, -0.25) is 0 Å². The lowest BCUT2D eigenvalue weighted by Crippen LogP contribution is -2.44. The van der Waals surface area contributed by atoms with Gasteiger partial charge in [-0.2, -0.15) is 4.98 Å². The Morgan fingerprint density at radius 3 is 2.62 bits per heavy atom. The fourth-order valence-electron chi connectivity index (χ4n) is 2.99. The summed E-state index contributed by atoms with van der Waals surface area (Å²) in [5.41, 5.74) is 2.27. The zero-order chi connectivity index (χ0) is 16.5. The lowest BCUT2D eigenvalue weighted by Gasteiger charge is -2.29. The molecule has 5 nitrogen and oxygen atoms in total. The highest BCUT2D eigenvalue weighted by Gasteiger charge is 2.20. The molecule has 0 unspecified atom stereocenters. The summed E-state index contributed by atoms with van der Waals surface area (Å²) in [5, 5.41) is 6.88. The van der Waals surface area contributed by atoms with E-state index in [1.165, 1.54) is 0 Å². The maximum absolute atomic E-state index is 6.16. The molecule has 4 rings (SSSR count). The zero-order valence-electron chi connectivity index (χ0n) is 13.3. The van der Waals surface area contributed by atoms with E-state index in [2.05, 4.69) is 37.7 Å². The number of rotatable bonds is 3. The highest BCUT2D eigenvalue weighted by molar-refractivity contribution is 7.17. The Hall–Kier alpha value is -1.89. The molecule has 1 aliphatic heterocycles. The maximum Gasteiger partial charge on any atom is 0.225 e. The molecule has 124 valence electrons. The van der Waals surface area contributed by atoms with E-state index >= 15 is 0 Å². The van der Waals surface area contributed by atoms with Gasteiger partial charge in [0.05, 0.1) is 12.5 Å². The van der Waals surface area contributed by atoms with Crippen molar-refractivity contribution in [3.63, 3.8) is 0 Å². The van der Waals surface area contributed by atoms with E-state index in [4.69, 9.17) is 16.3 Å². The molecule has 0 spiro atoms. The van der Waals surface area contributed by atoms with Crippen molar-refractivity contribution in [1.82, 2.24) is 15.3 Å². The van der Waals surface area contributed by atoms with Crippen LogP contribution in [0.1, 0.15) is 0 Å². The van der Waals surface area contributed by atoms with Crippen molar-refractivity contribution in [3.05, 3.63) is 34.9 Å². The van der Waals surface area contributed by atoms with Gasteiger partial charge < -0.3 is 15.0 Å². The number of halogens is 1. The van der Waals surface area contributed by atoms with Gasteiger partial charge in [-0.05, 0) is 29.3 Å². The Morgan fingerprint density at radius 2 is 1.92 bits per heavy atom. The quantitative estimate of drug-likeness (QED) is 0.725. The molecule has 0 amide bonds. The standard InChI is InChI=1S/C17H17ClN4OS/c1-23-12-4-2-11(3-5-12)13-10-24-16-14(13)15(20-17(18)21-16)22-8-6-19-7-9-22/h2-5,10,19H,6-9H2,1H3. The molecule has 0 atom stereocenters. The van der Waals surface area contributed by atoms with Gasteiger partial charge in [0.25, 0.3) is 0 Å². The van der Waals surface area contributed by atoms with Crippen LogP contribution in [0.3, 0.4) is 0 Å². The Balaban J connectivity index is 1.86. The summed E-state index contributed by atoms with van der Waals surface area (Å²) in [5.74, 6) is 1.78. The second-order valence-corrected chi connectivity index (χ2v) is 6.81. The summed E-state index contributed by atoms with van der Waals surface area (Å²) in [6, 6.07) is 8.08. The number of nitrogens with one attached hydrogen (secondary N) is 1. The first-order chi connectivity index (χ1) is 11.8. The number of hydrogen-bond donors (Lipinski definition) is 1. The summed E-state index contributed by atoms with van der Waals surface area (Å²) >= 11 is 7.77. The Bertz CT molecular complexity index is 859. The minimum Gasteiger partial charge on any atom is -0.497 e. The molecule has 0 saturated carbocycles. The molecule has 7 heteroatoms. The van der Waals surface area contributed by atoms with Crippen molar-refractivity contribution >= 4 is 39.0 Å². The van der Waals surface area contributed by atoms with Crippen LogP contribution in [0.25, 0.3) is 21.3 Å². The average Bonchev–Trinajstić information content (AvgIpc) is 3.05. The van der Waals surface area contributed by atoms with Gasteiger partial charge in [0.1, 0.15) is 16.4 Å². The first kappa shape index (κ1) is 15.6. The molecule has 0 radical (unpaired) electrons. The van der Waals surface area contributed by atoms with Crippen molar-refractivity contribution in [2.24, 2.45) is 0 Å². The van der Waals surface area contributed by atoms with Gasteiger partial charge >= 0.3 is 0 Å². The molecule has 0 aliphatic carbocycles. The number of ether oxygens (including phenoxy) is 1. The van der Waals surface area contributed by atoms with E-state index in [-0.39, 0.29) is 0 Å². The monoisotopic (exact) mass is 360 g/mol. The number of anilines is 1. The van der Waals surface area contributed by atoms with Gasteiger partial charge in [-0.25, -0.2) is 4.98 Å². The van der Waals surface area contributed by atoms with Crippen LogP contribution in [0, 0.1) is 0 Å². The van der Waals surface area contributed by atoms with E-state index < -0.39 is 0 Å². The van der Waals surface area contributed by atoms with E-state index in [0.717, 1.165) is 59.1 Å². The predicted molar refractivity (Wildman–Crippen MR) is 99.5 cm³/mol. The lowest BCUT2D eigenvalue weighted by atomic mass is 10.1. The largest absolute Gasteiger partial charge is 0.497 e. The number of methoxy groups -OCH3 is 1. The van der Waals surface area contributed by atoms with Crippen molar-refractivity contribution < 1.29 is 4.74 Å². The molecule has 1 aliphatic rings. The maximum atomic E-state index is 6.16. The summed E-state index contributed by atoms with van der Waals surface area (Å²) in [7, 11) is 1.67. The second kappa shape index (κ2) is 6.55. The van der Waals surface area contributed by atoms with E-state index in [0.29, 0.717) is 5.28 Å². The minimum atomic E-state index is 0.305. The number of fused-ring (bicyclic) bond motifs is 1. The number of hydrogen-bond acceptors (Lipinski definition) is 6. The fraction of sp³-hybridized carbons (Fsp3) is 0.294. The normalized spacial score (nSPS) is 15.0. The number of thiophene rings is 1. The Labute approximate surface area is 149 Å². The van der Waals surface area contributed by atoms with Gasteiger partial charge in [-0.15, -0.1) is 11.3 Å². The van der Waals surface area contributed by atoms with E-state index in [1.54, 1.807) is 18.4 Å². The smallest absolute Gasteiger partial charge is 0.225 e. The van der Waals surface area contributed by atoms with Crippen molar-refractivity contribution in [2.75, 3.05) is 38.2 Å². The van der Waals surface area contributed by atoms with Gasteiger partial charge in [-0.1, -0.05) is 12.1 Å². The van der Waals surface area contributed by atoms with Crippen LogP contribution in [0.15, 0.2) is 29.6 Å². The predicted octanol–water partition coefficient (Wildman–Crippen LogP) is 3.43. The van der Waals surface area contributed by atoms with Gasteiger partial charge in [0, 0.05) is 37.1 Å². The summed E-state index contributed by atoms with van der Waals surface area (Å²) in [6.07, 6.45) is 0. The number of piperazine rings is 1. The molecule has 1 fully saturated rings. The molecule has 1 saturated heterocycles. The van der Waals surface area contributed by atoms with Crippen LogP contribution < -0.4 is 15.0 Å². The Kier molecular flexibility index (Phi) is 4.26.